The molecule has 2 aromatic carbocycles. The number of carbonyl (C=O) groups excluding carboxylic acids is 1. The van der Waals surface area contributed by atoms with Gasteiger partial charge in [0.25, 0.3) is 5.91 Å². The summed E-state index contributed by atoms with van der Waals surface area (Å²) in [5.74, 6) is 5.61. The van der Waals surface area contributed by atoms with Gasteiger partial charge in [0.2, 0.25) is 0 Å². The molecule has 0 bridgehead atoms. The summed E-state index contributed by atoms with van der Waals surface area (Å²) in [7, 11) is 0. The molecule has 86 valence electrons. The molecule has 3 heteroatoms. The number of hydrogen-bond acceptors (Lipinski definition) is 2. The zero-order chi connectivity index (χ0) is 12.3. The van der Waals surface area contributed by atoms with E-state index in [-0.39, 0.29) is 5.91 Å². The number of anilines is 1. The van der Waals surface area contributed by atoms with Gasteiger partial charge in [-0.15, -0.1) is 0 Å². The standard InChI is InChI=1S/C14H14N2O/c1-11-6-5-9-13(10-11)16(15)14(17)12-7-3-2-4-8-12/h2-10H,15H2,1H3. The van der Waals surface area contributed by atoms with E-state index >= 15 is 0 Å². The first-order chi connectivity index (χ1) is 8.18. The number of rotatable bonds is 2. The highest BCUT2D eigenvalue weighted by molar-refractivity contribution is 6.05. The number of amides is 1. The predicted molar refractivity (Wildman–Crippen MR) is 68.6 cm³/mol. The largest absolute Gasteiger partial charge is 0.272 e. The number of nitrogens with zero attached hydrogens (tertiary/aromatic N) is 1. The van der Waals surface area contributed by atoms with E-state index < -0.39 is 0 Å². The third-order valence-electron chi connectivity index (χ3n) is 2.52. The van der Waals surface area contributed by atoms with Crippen LogP contribution < -0.4 is 10.9 Å². The molecule has 0 heterocycles. The molecule has 2 rings (SSSR count). The summed E-state index contributed by atoms with van der Waals surface area (Å²) in [4.78, 5) is 12.1. The molecule has 0 saturated carbocycles. The average molecular weight is 226 g/mol. The SMILES string of the molecule is Cc1cccc(N(N)C(=O)c2ccccc2)c1. The smallest absolute Gasteiger partial charge is 0.267 e. The van der Waals surface area contributed by atoms with Crippen LogP contribution in [0.25, 0.3) is 0 Å². The Morgan fingerprint density at radius 1 is 1.06 bits per heavy atom. The number of hydrazine groups is 1. The van der Waals surface area contributed by atoms with Crippen LogP contribution in [0.3, 0.4) is 0 Å². The summed E-state index contributed by atoms with van der Waals surface area (Å²) in [6.45, 7) is 1.96. The Bertz CT molecular complexity index is 523. The van der Waals surface area contributed by atoms with Gasteiger partial charge in [0.05, 0.1) is 5.69 Å². The van der Waals surface area contributed by atoms with Crippen molar-refractivity contribution in [1.29, 1.82) is 0 Å². The van der Waals surface area contributed by atoms with Gasteiger partial charge in [-0.1, -0.05) is 30.3 Å². The lowest BCUT2D eigenvalue weighted by Crippen LogP contribution is -2.37. The van der Waals surface area contributed by atoms with Crippen molar-refractivity contribution < 1.29 is 4.79 Å². The predicted octanol–water partition coefficient (Wildman–Crippen LogP) is 2.52. The van der Waals surface area contributed by atoms with Crippen molar-refractivity contribution in [3.05, 3.63) is 65.7 Å². The monoisotopic (exact) mass is 226 g/mol. The van der Waals surface area contributed by atoms with E-state index in [1.165, 1.54) is 5.01 Å². The third-order valence-corrected chi connectivity index (χ3v) is 2.52. The van der Waals surface area contributed by atoms with Crippen molar-refractivity contribution in [2.24, 2.45) is 5.84 Å². The van der Waals surface area contributed by atoms with Crippen LogP contribution in [0.15, 0.2) is 54.6 Å². The minimum Gasteiger partial charge on any atom is -0.267 e. The summed E-state index contributed by atoms with van der Waals surface area (Å²) in [6, 6.07) is 16.5. The maximum atomic E-state index is 12.1. The Morgan fingerprint density at radius 3 is 2.41 bits per heavy atom. The quantitative estimate of drug-likeness (QED) is 0.486. The molecule has 3 nitrogen and oxygen atoms in total. The van der Waals surface area contributed by atoms with Gasteiger partial charge in [0, 0.05) is 5.56 Å². The fourth-order valence-electron chi connectivity index (χ4n) is 1.61. The summed E-state index contributed by atoms with van der Waals surface area (Å²) in [5.41, 5.74) is 2.34. The topological polar surface area (TPSA) is 46.3 Å². The van der Waals surface area contributed by atoms with Gasteiger partial charge in [-0.05, 0) is 36.8 Å². The lowest BCUT2D eigenvalue weighted by atomic mass is 10.2. The highest BCUT2D eigenvalue weighted by Crippen LogP contribution is 2.15. The number of aryl methyl sites for hydroxylation is 1. The summed E-state index contributed by atoms with van der Waals surface area (Å²) >= 11 is 0. The van der Waals surface area contributed by atoms with E-state index in [4.69, 9.17) is 5.84 Å². The van der Waals surface area contributed by atoms with Crippen LogP contribution in [0.5, 0.6) is 0 Å². The van der Waals surface area contributed by atoms with Gasteiger partial charge >= 0.3 is 0 Å². The number of carbonyl (C=O) groups is 1. The zero-order valence-electron chi connectivity index (χ0n) is 9.63. The molecule has 2 aromatic rings. The van der Waals surface area contributed by atoms with Crippen LogP contribution in [-0.2, 0) is 0 Å². The molecule has 17 heavy (non-hydrogen) atoms. The lowest BCUT2D eigenvalue weighted by molar-refractivity contribution is 0.0987. The second-order valence-corrected chi connectivity index (χ2v) is 3.88. The summed E-state index contributed by atoms with van der Waals surface area (Å²) in [5, 5.41) is 1.17. The van der Waals surface area contributed by atoms with E-state index in [0.717, 1.165) is 5.56 Å². The Hall–Kier alpha value is -2.13. The maximum Gasteiger partial charge on any atom is 0.272 e. The maximum absolute atomic E-state index is 12.1. The normalized spacial score (nSPS) is 10.0. The number of hydrogen-bond donors (Lipinski definition) is 1. The van der Waals surface area contributed by atoms with E-state index in [2.05, 4.69) is 0 Å². The number of nitrogens with two attached hydrogens (primary N) is 1. The molecular formula is C14H14N2O. The minimum atomic E-state index is -0.212. The molecule has 0 spiro atoms. The van der Waals surface area contributed by atoms with Crippen LogP contribution >= 0.6 is 0 Å². The van der Waals surface area contributed by atoms with Crippen LogP contribution in [0.4, 0.5) is 5.69 Å². The van der Waals surface area contributed by atoms with Crippen molar-refractivity contribution in [2.75, 3.05) is 5.01 Å². The van der Waals surface area contributed by atoms with Gasteiger partial charge in [0.15, 0.2) is 0 Å². The lowest BCUT2D eigenvalue weighted by Gasteiger charge is -2.17. The van der Waals surface area contributed by atoms with Crippen LogP contribution in [0, 0.1) is 6.92 Å². The molecule has 0 fully saturated rings. The molecule has 0 radical (unpaired) electrons. The van der Waals surface area contributed by atoms with Crippen molar-refractivity contribution in [3.63, 3.8) is 0 Å². The Labute approximate surface area is 100 Å². The van der Waals surface area contributed by atoms with E-state index in [0.29, 0.717) is 11.3 Å². The Morgan fingerprint density at radius 2 is 1.76 bits per heavy atom. The minimum absolute atomic E-state index is 0.212. The second kappa shape index (κ2) is 4.80. The molecular weight excluding hydrogens is 212 g/mol. The first kappa shape index (κ1) is 11.4. The van der Waals surface area contributed by atoms with Gasteiger partial charge < -0.3 is 0 Å². The molecule has 0 aliphatic carbocycles. The van der Waals surface area contributed by atoms with E-state index in [9.17, 15) is 4.79 Å². The van der Waals surface area contributed by atoms with Crippen molar-refractivity contribution in [3.8, 4) is 0 Å². The fraction of sp³-hybridized carbons (Fsp3) is 0.0714. The molecule has 0 saturated heterocycles. The molecule has 0 aliphatic heterocycles. The van der Waals surface area contributed by atoms with Crippen molar-refractivity contribution in [1.82, 2.24) is 0 Å². The van der Waals surface area contributed by atoms with Gasteiger partial charge in [-0.3, -0.25) is 4.79 Å². The summed E-state index contributed by atoms with van der Waals surface area (Å²) in [6.07, 6.45) is 0. The van der Waals surface area contributed by atoms with Gasteiger partial charge in [-0.25, -0.2) is 10.9 Å². The first-order valence-electron chi connectivity index (χ1n) is 5.39. The molecule has 1 amide bonds. The first-order valence-corrected chi connectivity index (χ1v) is 5.39. The Balaban J connectivity index is 2.27. The molecule has 0 aliphatic rings. The van der Waals surface area contributed by atoms with E-state index in [1.54, 1.807) is 12.1 Å². The average Bonchev–Trinajstić information content (AvgIpc) is 2.38. The van der Waals surface area contributed by atoms with Crippen LogP contribution in [0.1, 0.15) is 15.9 Å². The molecule has 0 atom stereocenters. The highest BCUT2D eigenvalue weighted by Gasteiger charge is 2.13. The Kier molecular flexibility index (Phi) is 3.21. The zero-order valence-corrected chi connectivity index (χ0v) is 9.63. The second-order valence-electron chi connectivity index (χ2n) is 3.88. The molecule has 2 N–H and O–H groups in total. The van der Waals surface area contributed by atoms with Crippen LogP contribution in [-0.4, -0.2) is 5.91 Å². The number of benzene rings is 2. The highest BCUT2D eigenvalue weighted by atomic mass is 16.2. The molecule has 0 unspecified atom stereocenters. The van der Waals surface area contributed by atoms with Crippen molar-refractivity contribution in [2.45, 2.75) is 6.92 Å². The third kappa shape index (κ3) is 2.52. The van der Waals surface area contributed by atoms with Crippen LogP contribution in [0.2, 0.25) is 0 Å². The van der Waals surface area contributed by atoms with Gasteiger partial charge in [0.1, 0.15) is 0 Å². The molecule has 0 aromatic heterocycles. The van der Waals surface area contributed by atoms with Crippen molar-refractivity contribution >= 4 is 11.6 Å². The summed E-state index contributed by atoms with van der Waals surface area (Å²) < 4.78 is 0. The fourth-order valence-corrected chi connectivity index (χ4v) is 1.61. The van der Waals surface area contributed by atoms with Gasteiger partial charge in [-0.2, -0.15) is 0 Å². The van der Waals surface area contributed by atoms with E-state index in [1.807, 2.05) is 49.4 Å².